The van der Waals surface area contributed by atoms with Crippen LogP contribution in [0.15, 0.2) is 11.8 Å². The van der Waals surface area contributed by atoms with Gasteiger partial charge >= 0.3 is 11.9 Å². The predicted octanol–water partition coefficient (Wildman–Crippen LogP) is 0.00520. The quantitative estimate of drug-likeness (QED) is 0.568. The first-order valence-electron chi connectivity index (χ1n) is 3.62. The second-order valence-electron chi connectivity index (χ2n) is 2.70. The molecule has 5 nitrogen and oxygen atoms in total. The normalized spacial score (nSPS) is 26.4. The zero-order chi connectivity index (χ0) is 10.1. The van der Waals surface area contributed by atoms with E-state index in [-0.39, 0.29) is 5.76 Å². The summed E-state index contributed by atoms with van der Waals surface area (Å²) in [5.41, 5.74) is -1.35. The number of hydrogen-bond acceptors (Lipinski definition) is 5. The summed E-state index contributed by atoms with van der Waals surface area (Å²) in [7, 11) is 2.55. The van der Waals surface area contributed by atoms with Crippen LogP contribution in [0.25, 0.3) is 0 Å². The van der Waals surface area contributed by atoms with E-state index in [0.29, 0.717) is 0 Å². The fourth-order valence-corrected chi connectivity index (χ4v) is 1.03. The lowest BCUT2D eigenvalue weighted by Gasteiger charge is -2.16. The fourth-order valence-electron chi connectivity index (χ4n) is 1.03. The lowest BCUT2D eigenvalue weighted by molar-refractivity contribution is -0.168. The number of carbonyl (C=O) groups is 2. The van der Waals surface area contributed by atoms with Crippen LogP contribution in [-0.2, 0) is 23.8 Å². The van der Waals surface area contributed by atoms with Crippen LogP contribution >= 0.6 is 0 Å². The summed E-state index contributed by atoms with van der Waals surface area (Å²) in [6.07, 6.45) is 1.29. The van der Waals surface area contributed by atoms with Crippen molar-refractivity contribution in [1.82, 2.24) is 0 Å². The minimum absolute atomic E-state index is 0.0212. The van der Waals surface area contributed by atoms with Gasteiger partial charge in [0, 0.05) is 6.08 Å². The molecule has 1 atom stereocenters. The van der Waals surface area contributed by atoms with Crippen LogP contribution in [0.4, 0.5) is 0 Å². The van der Waals surface area contributed by atoms with Crippen molar-refractivity contribution in [2.24, 2.45) is 0 Å². The SMILES string of the molecule is COC(=O)[C@]1(C)C=C(OC)C(=O)O1. The maximum atomic E-state index is 11.1. The first kappa shape index (κ1) is 9.57. The number of esters is 2. The molecule has 72 valence electrons. The topological polar surface area (TPSA) is 61.8 Å². The van der Waals surface area contributed by atoms with Crippen LogP contribution in [0.5, 0.6) is 0 Å². The molecule has 0 N–H and O–H groups in total. The van der Waals surface area contributed by atoms with Crippen molar-refractivity contribution in [1.29, 1.82) is 0 Å². The van der Waals surface area contributed by atoms with E-state index in [4.69, 9.17) is 9.47 Å². The largest absolute Gasteiger partial charge is 0.490 e. The number of cyclic esters (lactones) is 1. The predicted molar refractivity (Wildman–Crippen MR) is 41.6 cm³/mol. The first-order chi connectivity index (χ1) is 6.03. The third kappa shape index (κ3) is 1.49. The number of methoxy groups -OCH3 is 2. The van der Waals surface area contributed by atoms with Gasteiger partial charge in [-0.15, -0.1) is 0 Å². The number of carbonyl (C=O) groups excluding carboxylic acids is 2. The molecular weight excluding hydrogens is 176 g/mol. The molecule has 0 aromatic rings. The van der Waals surface area contributed by atoms with Gasteiger partial charge in [0.2, 0.25) is 11.4 Å². The van der Waals surface area contributed by atoms with Crippen molar-refractivity contribution in [2.45, 2.75) is 12.5 Å². The summed E-state index contributed by atoms with van der Waals surface area (Å²) >= 11 is 0. The van der Waals surface area contributed by atoms with E-state index in [2.05, 4.69) is 4.74 Å². The molecule has 0 unspecified atom stereocenters. The molecule has 0 bridgehead atoms. The molecule has 0 aliphatic carbocycles. The Morgan fingerprint density at radius 2 is 2.15 bits per heavy atom. The van der Waals surface area contributed by atoms with Gasteiger partial charge in [0.25, 0.3) is 0 Å². The van der Waals surface area contributed by atoms with Gasteiger partial charge in [0.1, 0.15) is 0 Å². The monoisotopic (exact) mass is 186 g/mol. The van der Waals surface area contributed by atoms with E-state index < -0.39 is 17.5 Å². The van der Waals surface area contributed by atoms with E-state index >= 15 is 0 Å². The lowest BCUT2D eigenvalue weighted by Crippen LogP contribution is -2.35. The van der Waals surface area contributed by atoms with Crippen molar-refractivity contribution < 1.29 is 23.8 Å². The van der Waals surface area contributed by atoms with Crippen molar-refractivity contribution in [3.63, 3.8) is 0 Å². The third-order valence-electron chi connectivity index (χ3n) is 1.72. The molecule has 0 saturated carbocycles. The second kappa shape index (κ2) is 3.08. The molecule has 0 aromatic carbocycles. The lowest BCUT2D eigenvalue weighted by atomic mass is 10.1. The summed E-state index contributed by atoms with van der Waals surface area (Å²) in [5.74, 6) is -1.27. The molecular formula is C8H10O5. The summed E-state index contributed by atoms with van der Waals surface area (Å²) in [4.78, 5) is 22.2. The second-order valence-corrected chi connectivity index (χ2v) is 2.70. The van der Waals surface area contributed by atoms with Gasteiger partial charge < -0.3 is 14.2 Å². The van der Waals surface area contributed by atoms with Crippen LogP contribution in [0.1, 0.15) is 6.92 Å². The maximum absolute atomic E-state index is 11.1. The number of rotatable bonds is 2. The highest BCUT2D eigenvalue weighted by molar-refractivity contribution is 5.96. The van der Waals surface area contributed by atoms with Gasteiger partial charge in [0.05, 0.1) is 14.2 Å². The average molecular weight is 186 g/mol. The zero-order valence-electron chi connectivity index (χ0n) is 7.62. The van der Waals surface area contributed by atoms with E-state index in [0.717, 1.165) is 0 Å². The molecule has 1 heterocycles. The van der Waals surface area contributed by atoms with Gasteiger partial charge in [-0.3, -0.25) is 0 Å². The van der Waals surface area contributed by atoms with Gasteiger partial charge in [-0.2, -0.15) is 0 Å². The summed E-state index contributed by atoms with van der Waals surface area (Å²) < 4.78 is 13.9. The molecule has 0 aromatic heterocycles. The summed E-state index contributed by atoms with van der Waals surface area (Å²) in [5, 5.41) is 0. The molecule has 1 aliphatic heterocycles. The molecule has 13 heavy (non-hydrogen) atoms. The highest BCUT2D eigenvalue weighted by Gasteiger charge is 2.44. The minimum atomic E-state index is -1.35. The molecule has 1 aliphatic rings. The smallest absolute Gasteiger partial charge is 0.374 e. The summed E-state index contributed by atoms with van der Waals surface area (Å²) in [6, 6.07) is 0. The Labute approximate surface area is 75.3 Å². The van der Waals surface area contributed by atoms with Crippen LogP contribution < -0.4 is 0 Å². The van der Waals surface area contributed by atoms with E-state index in [1.54, 1.807) is 0 Å². The molecule has 1 rings (SSSR count). The maximum Gasteiger partial charge on any atom is 0.374 e. The van der Waals surface area contributed by atoms with Gasteiger partial charge in [-0.05, 0) is 6.92 Å². The Hall–Kier alpha value is -1.52. The fraction of sp³-hybridized carbons (Fsp3) is 0.500. The van der Waals surface area contributed by atoms with E-state index in [1.807, 2.05) is 0 Å². The van der Waals surface area contributed by atoms with Crippen LogP contribution in [0, 0.1) is 0 Å². The van der Waals surface area contributed by atoms with Crippen molar-refractivity contribution >= 4 is 11.9 Å². The Morgan fingerprint density at radius 1 is 1.54 bits per heavy atom. The Morgan fingerprint density at radius 3 is 2.54 bits per heavy atom. The molecule has 0 amide bonds. The van der Waals surface area contributed by atoms with Crippen LogP contribution in [0.3, 0.4) is 0 Å². The number of hydrogen-bond donors (Lipinski definition) is 0. The third-order valence-corrected chi connectivity index (χ3v) is 1.72. The van der Waals surface area contributed by atoms with Gasteiger partial charge in [-0.1, -0.05) is 0 Å². The average Bonchev–Trinajstić information content (AvgIpc) is 2.41. The van der Waals surface area contributed by atoms with Gasteiger partial charge in [0.15, 0.2) is 0 Å². The minimum Gasteiger partial charge on any atom is -0.490 e. The van der Waals surface area contributed by atoms with Crippen molar-refractivity contribution in [3.8, 4) is 0 Å². The zero-order valence-corrected chi connectivity index (χ0v) is 7.62. The van der Waals surface area contributed by atoms with E-state index in [1.165, 1.54) is 27.2 Å². The van der Waals surface area contributed by atoms with Crippen molar-refractivity contribution in [2.75, 3.05) is 14.2 Å². The van der Waals surface area contributed by atoms with E-state index in [9.17, 15) is 9.59 Å². The highest BCUT2D eigenvalue weighted by atomic mass is 16.6. The summed E-state index contributed by atoms with van der Waals surface area (Å²) in [6.45, 7) is 1.43. The van der Waals surface area contributed by atoms with Crippen LogP contribution in [0.2, 0.25) is 0 Å². The first-order valence-corrected chi connectivity index (χ1v) is 3.62. The molecule has 0 radical (unpaired) electrons. The molecule has 0 spiro atoms. The Kier molecular flexibility index (Phi) is 2.27. The van der Waals surface area contributed by atoms with Gasteiger partial charge in [-0.25, -0.2) is 9.59 Å². The molecule has 0 saturated heterocycles. The number of ether oxygens (including phenoxy) is 3. The Balaban J connectivity index is 2.92. The van der Waals surface area contributed by atoms with Crippen molar-refractivity contribution in [3.05, 3.63) is 11.8 Å². The highest BCUT2D eigenvalue weighted by Crippen LogP contribution is 2.25. The van der Waals surface area contributed by atoms with Crippen LogP contribution in [-0.4, -0.2) is 31.8 Å². The molecule has 0 fully saturated rings. The standard InChI is InChI=1S/C8H10O5/c1-8(7(10)12-3)4-5(11-2)6(9)13-8/h4H,1-3H3/t8-/m0/s1. The Bertz CT molecular complexity index is 280. The molecule has 5 heteroatoms.